The zero-order valence-corrected chi connectivity index (χ0v) is 20.0. The van der Waals surface area contributed by atoms with Gasteiger partial charge in [-0.05, 0) is 79.5 Å². The molecule has 0 unspecified atom stereocenters. The molecule has 34 heavy (non-hydrogen) atoms. The third-order valence-electron chi connectivity index (χ3n) is 7.58. The lowest BCUT2D eigenvalue weighted by molar-refractivity contribution is 0.0118. The van der Waals surface area contributed by atoms with Gasteiger partial charge in [-0.3, -0.25) is 0 Å². The Morgan fingerprint density at radius 1 is 0.882 bits per heavy atom. The van der Waals surface area contributed by atoms with Crippen LogP contribution in [0, 0.1) is 23.4 Å². The molecule has 2 fully saturated rings. The van der Waals surface area contributed by atoms with Gasteiger partial charge in [-0.2, -0.15) is 0 Å². The Bertz CT molecular complexity index is 974. The Morgan fingerprint density at radius 2 is 1.59 bits per heavy atom. The van der Waals surface area contributed by atoms with Gasteiger partial charge in [0.25, 0.3) is 0 Å². The van der Waals surface area contributed by atoms with Gasteiger partial charge in [-0.15, -0.1) is 0 Å². The summed E-state index contributed by atoms with van der Waals surface area (Å²) in [4.78, 5) is 0. The Balaban J connectivity index is 1.29. The molecular formula is C29H35F3O2. The van der Waals surface area contributed by atoms with Crippen LogP contribution < -0.4 is 4.74 Å². The molecule has 2 saturated carbocycles. The zero-order chi connectivity index (χ0) is 24.1. The summed E-state index contributed by atoms with van der Waals surface area (Å²) in [6, 6.07) is 8.59. The first-order valence-corrected chi connectivity index (χ1v) is 12.6. The molecule has 0 atom stereocenters. The highest BCUT2D eigenvalue weighted by atomic mass is 19.2. The van der Waals surface area contributed by atoms with E-state index >= 15 is 0 Å². The smallest absolute Gasteiger partial charge is 0.165 e. The van der Waals surface area contributed by atoms with Crippen LogP contribution >= 0.6 is 0 Å². The van der Waals surface area contributed by atoms with Crippen LogP contribution in [-0.4, -0.2) is 12.7 Å². The first kappa shape index (κ1) is 24.8. The standard InChI is InChI=1S/C29H35F3O2/c1-3-16-33-27-15-11-22(17-26(27)30)20-8-12-24(13-9-20)34-18-23-10-14-25(29(32)28(23)31)21-6-4-19(2)5-7-21/h3,10-11,14-15,17,19-21,24H,1,4-9,12-13,16,18H2,2H3. The van der Waals surface area contributed by atoms with Crippen LogP contribution in [0.15, 0.2) is 43.0 Å². The van der Waals surface area contributed by atoms with Gasteiger partial charge in [0.1, 0.15) is 6.61 Å². The van der Waals surface area contributed by atoms with Crippen molar-refractivity contribution in [3.05, 3.63) is 77.1 Å². The molecule has 0 saturated heterocycles. The number of halogens is 3. The number of hydrogen-bond donors (Lipinski definition) is 0. The van der Waals surface area contributed by atoms with Crippen LogP contribution in [-0.2, 0) is 11.3 Å². The number of benzene rings is 2. The van der Waals surface area contributed by atoms with E-state index in [9.17, 15) is 13.2 Å². The van der Waals surface area contributed by atoms with E-state index in [-0.39, 0.29) is 48.3 Å². The molecule has 0 aromatic heterocycles. The van der Waals surface area contributed by atoms with Crippen LogP contribution in [0.5, 0.6) is 5.75 Å². The van der Waals surface area contributed by atoms with Gasteiger partial charge in [0.2, 0.25) is 0 Å². The highest BCUT2D eigenvalue weighted by molar-refractivity contribution is 5.32. The highest BCUT2D eigenvalue weighted by Crippen LogP contribution is 2.38. The summed E-state index contributed by atoms with van der Waals surface area (Å²) in [7, 11) is 0. The second-order valence-electron chi connectivity index (χ2n) is 9.97. The molecule has 0 heterocycles. The molecule has 2 nitrogen and oxygen atoms in total. The van der Waals surface area contributed by atoms with E-state index in [1.165, 1.54) is 0 Å². The van der Waals surface area contributed by atoms with Crippen LogP contribution in [0.4, 0.5) is 13.2 Å². The third kappa shape index (κ3) is 5.86. The topological polar surface area (TPSA) is 18.5 Å². The molecule has 2 aromatic rings. The second-order valence-corrected chi connectivity index (χ2v) is 9.97. The average molecular weight is 473 g/mol. The van der Waals surface area contributed by atoms with Crippen molar-refractivity contribution < 1.29 is 22.6 Å². The minimum atomic E-state index is -0.765. The molecule has 2 aromatic carbocycles. The Kier molecular flexibility index (Phi) is 8.36. The first-order valence-electron chi connectivity index (χ1n) is 12.6. The summed E-state index contributed by atoms with van der Waals surface area (Å²) in [5, 5.41) is 0. The molecule has 0 spiro atoms. The van der Waals surface area contributed by atoms with Crippen LogP contribution in [0.3, 0.4) is 0 Å². The molecule has 0 bridgehead atoms. The van der Waals surface area contributed by atoms with Gasteiger partial charge in [0, 0.05) is 5.56 Å². The summed E-state index contributed by atoms with van der Waals surface area (Å²) < 4.78 is 55.2. The Labute approximate surface area is 201 Å². The van der Waals surface area contributed by atoms with Crippen molar-refractivity contribution in [3.8, 4) is 5.75 Å². The van der Waals surface area contributed by atoms with E-state index in [4.69, 9.17) is 9.47 Å². The van der Waals surface area contributed by atoms with Gasteiger partial charge in [0.15, 0.2) is 23.2 Å². The van der Waals surface area contributed by atoms with Crippen LogP contribution in [0.2, 0.25) is 0 Å². The molecule has 0 N–H and O–H groups in total. The van der Waals surface area contributed by atoms with E-state index in [0.29, 0.717) is 11.5 Å². The lowest BCUT2D eigenvalue weighted by Crippen LogP contribution is -2.21. The fourth-order valence-electron chi connectivity index (χ4n) is 5.41. The Morgan fingerprint density at radius 3 is 2.26 bits per heavy atom. The molecular weight excluding hydrogens is 437 g/mol. The summed E-state index contributed by atoms with van der Waals surface area (Å²) in [6.07, 6.45) is 8.92. The maximum absolute atomic E-state index is 14.8. The molecule has 2 aliphatic rings. The largest absolute Gasteiger partial charge is 0.486 e. The van der Waals surface area contributed by atoms with Crippen LogP contribution in [0.1, 0.15) is 86.8 Å². The molecule has 184 valence electrons. The summed E-state index contributed by atoms with van der Waals surface area (Å²) in [6.45, 7) is 6.13. The fourth-order valence-corrected chi connectivity index (χ4v) is 5.41. The summed E-state index contributed by atoms with van der Waals surface area (Å²) in [5.74, 6) is -0.550. The minimum Gasteiger partial charge on any atom is -0.486 e. The molecule has 0 aliphatic heterocycles. The third-order valence-corrected chi connectivity index (χ3v) is 7.58. The lowest BCUT2D eigenvalue weighted by Gasteiger charge is -2.29. The Hall–Kier alpha value is -2.27. The maximum atomic E-state index is 14.8. The van der Waals surface area contributed by atoms with E-state index < -0.39 is 11.6 Å². The fraction of sp³-hybridized carbons (Fsp3) is 0.517. The molecule has 2 aliphatic carbocycles. The highest BCUT2D eigenvalue weighted by Gasteiger charge is 2.26. The van der Waals surface area contributed by atoms with Gasteiger partial charge < -0.3 is 9.47 Å². The van der Waals surface area contributed by atoms with Crippen LogP contribution in [0.25, 0.3) is 0 Å². The number of rotatable bonds is 8. The minimum absolute atomic E-state index is 0.00161. The predicted octanol–water partition coefficient (Wildman–Crippen LogP) is 8.21. The van der Waals surface area contributed by atoms with Crippen molar-refractivity contribution in [2.75, 3.05) is 6.61 Å². The number of hydrogen-bond acceptors (Lipinski definition) is 2. The molecule has 0 amide bonds. The normalized spacial score (nSPS) is 25.2. The van der Waals surface area contributed by atoms with E-state index in [1.807, 2.05) is 6.07 Å². The number of ether oxygens (including phenoxy) is 2. The summed E-state index contributed by atoms with van der Waals surface area (Å²) >= 11 is 0. The molecule has 4 rings (SSSR count). The van der Waals surface area contributed by atoms with Gasteiger partial charge >= 0.3 is 0 Å². The van der Waals surface area contributed by atoms with Gasteiger partial charge in [-0.1, -0.05) is 50.6 Å². The maximum Gasteiger partial charge on any atom is 0.165 e. The monoisotopic (exact) mass is 472 g/mol. The SMILES string of the molecule is C=CCOc1ccc(C2CCC(OCc3ccc(C4CCC(C)CC4)c(F)c3F)CC2)cc1F. The quantitative estimate of drug-likeness (QED) is 0.361. The van der Waals surface area contributed by atoms with Crippen molar-refractivity contribution in [2.45, 2.75) is 82.8 Å². The van der Waals surface area contributed by atoms with E-state index in [0.717, 1.165) is 56.9 Å². The predicted molar refractivity (Wildman–Crippen MR) is 129 cm³/mol. The average Bonchev–Trinajstić information content (AvgIpc) is 2.85. The second kappa shape index (κ2) is 11.4. The van der Waals surface area contributed by atoms with Crippen molar-refractivity contribution in [2.24, 2.45) is 5.92 Å². The van der Waals surface area contributed by atoms with Crippen molar-refractivity contribution in [1.82, 2.24) is 0 Å². The van der Waals surface area contributed by atoms with Gasteiger partial charge in [-0.25, -0.2) is 13.2 Å². The lowest BCUT2D eigenvalue weighted by atomic mass is 9.79. The van der Waals surface area contributed by atoms with Crippen molar-refractivity contribution in [1.29, 1.82) is 0 Å². The van der Waals surface area contributed by atoms with Crippen molar-refractivity contribution in [3.63, 3.8) is 0 Å². The van der Waals surface area contributed by atoms with Gasteiger partial charge in [0.05, 0.1) is 12.7 Å². The van der Waals surface area contributed by atoms with E-state index in [1.54, 1.807) is 30.3 Å². The van der Waals surface area contributed by atoms with E-state index in [2.05, 4.69) is 13.5 Å². The molecule has 5 heteroatoms. The summed E-state index contributed by atoms with van der Waals surface area (Å²) in [5.41, 5.74) is 1.76. The first-order chi connectivity index (χ1) is 16.5. The molecule has 0 radical (unpaired) electrons. The zero-order valence-electron chi connectivity index (χ0n) is 20.0. The van der Waals surface area contributed by atoms with Crippen molar-refractivity contribution >= 4 is 0 Å².